The van der Waals surface area contributed by atoms with Gasteiger partial charge in [0.2, 0.25) is 5.91 Å². The van der Waals surface area contributed by atoms with E-state index in [2.05, 4.69) is 21.4 Å². The number of aromatic nitrogens is 2. The fourth-order valence-electron chi connectivity index (χ4n) is 3.36. The van der Waals surface area contributed by atoms with Crippen molar-refractivity contribution in [1.29, 1.82) is 5.26 Å². The molecule has 1 amide bonds. The Morgan fingerprint density at radius 3 is 2.83 bits per heavy atom. The van der Waals surface area contributed by atoms with E-state index in [-0.39, 0.29) is 28.9 Å². The summed E-state index contributed by atoms with van der Waals surface area (Å²) in [7, 11) is 0. The predicted octanol–water partition coefficient (Wildman–Crippen LogP) is 4.09. The number of hydrogen-bond donors (Lipinski definition) is 2. The lowest BCUT2D eigenvalue weighted by molar-refractivity contribution is -0.117. The van der Waals surface area contributed by atoms with Gasteiger partial charge in [-0.3, -0.25) is 9.78 Å². The summed E-state index contributed by atoms with van der Waals surface area (Å²) in [6.07, 6.45) is 4.77. The summed E-state index contributed by atoms with van der Waals surface area (Å²) >= 11 is 0. The van der Waals surface area contributed by atoms with Gasteiger partial charge in [0, 0.05) is 47.7 Å². The van der Waals surface area contributed by atoms with Crippen LogP contribution in [0.15, 0.2) is 42.9 Å². The van der Waals surface area contributed by atoms with Gasteiger partial charge in [-0.2, -0.15) is 5.26 Å². The van der Waals surface area contributed by atoms with Gasteiger partial charge in [-0.25, -0.2) is 13.8 Å². The smallest absolute Gasteiger partial charge is 0.271 e. The second kappa shape index (κ2) is 6.78. The van der Waals surface area contributed by atoms with Crippen molar-refractivity contribution in [2.75, 3.05) is 11.1 Å². The Balaban J connectivity index is 1.73. The van der Waals surface area contributed by atoms with Crippen LogP contribution in [0.25, 0.3) is 21.9 Å². The number of nitrogen functional groups attached to an aromatic ring is 1. The van der Waals surface area contributed by atoms with Crippen molar-refractivity contribution in [1.82, 2.24) is 9.97 Å². The fraction of sp³-hybridized carbons (Fsp3) is 0.238. The van der Waals surface area contributed by atoms with Crippen molar-refractivity contribution in [2.45, 2.75) is 19.3 Å². The summed E-state index contributed by atoms with van der Waals surface area (Å²) in [5.74, 6) is -3.56. The van der Waals surface area contributed by atoms with E-state index in [9.17, 15) is 13.6 Å². The van der Waals surface area contributed by atoms with Gasteiger partial charge in [-0.05, 0) is 41.6 Å². The predicted molar refractivity (Wildman–Crippen MR) is 105 cm³/mol. The number of amides is 1. The quantitative estimate of drug-likeness (QED) is 0.650. The maximum Gasteiger partial charge on any atom is 0.271 e. The van der Waals surface area contributed by atoms with Crippen LogP contribution in [0, 0.1) is 23.2 Å². The van der Waals surface area contributed by atoms with Gasteiger partial charge in [0.1, 0.15) is 5.82 Å². The molecule has 29 heavy (non-hydrogen) atoms. The number of carbonyl (C=O) groups is 1. The van der Waals surface area contributed by atoms with Crippen molar-refractivity contribution in [3.8, 4) is 17.2 Å². The Labute approximate surface area is 165 Å². The Kier molecular flexibility index (Phi) is 4.38. The standard InChI is InChI=1S/C21H17F2N5O/c1-21(22,23)17-2-3-26-9-15(17)11-4-12-7-19(27-10-16(12)18(25)6-11)28-20(29)14-5-13(14)8-24/h2-4,6-7,9-10,13-14H,5,25H2,1H3,(H,27,28,29)/t13-,14+/m1/s1. The highest BCUT2D eigenvalue weighted by Gasteiger charge is 2.43. The zero-order valence-electron chi connectivity index (χ0n) is 15.5. The monoisotopic (exact) mass is 393 g/mol. The number of nitrogens with zero attached hydrogens (tertiary/aromatic N) is 3. The minimum absolute atomic E-state index is 0.148. The summed E-state index contributed by atoms with van der Waals surface area (Å²) in [4.78, 5) is 20.3. The van der Waals surface area contributed by atoms with Crippen LogP contribution in [0.1, 0.15) is 18.9 Å². The first kappa shape index (κ1) is 18.7. The molecule has 1 saturated carbocycles. The van der Waals surface area contributed by atoms with Gasteiger partial charge >= 0.3 is 0 Å². The third kappa shape index (κ3) is 3.59. The van der Waals surface area contributed by atoms with Crippen molar-refractivity contribution in [3.05, 3.63) is 48.4 Å². The fourth-order valence-corrected chi connectivity index (χ4v) is 3.36. The molecule has 0 aliphatic heterocycles. The minimum atomic E-state index is -3.04. The SMILES string of the molecule is CC(F)(F)c1ccncc1-c1cc(N)c2cnc(NC(=O)[C@H]3C[C@@H]3C#N)cc2c1. The molecule has 2 heterocycles. The largest absolute Gasteiger partial charge is 0.398 e. The Hall–Kier alpha value is -3.60. The Morgan fingerprint density at radius 2 is 2.14 bits per heavy atom. The number of fused-ring (bicyclic) bond motifs is 1. The third-order valence-electron chi connectivity index (χ3n) is 5.02. The number of benzene rings is 1. The minimum Gasteiger partial charge on any atom is -0.398 e. The summed E-state index contributed by atoms with van der Waals surface area (Å²) in [5, 5.41) is 12.9. The highest BCUT2D eigenvalue weighted by Crippen LogP contribution is 2.39. The van der Waals surface area contributed by atoms with Crippen LogP contribution in [-0.2, 0) is 10.7 Å². The van der Waals surface area contributed by atoms with E-state index >= 15 is 0 Å². The lowest BCUT2D eigenvalue weighted by atomic mass is 9.96. The zero-order valence-corrected chi connectivity index (χ0v) is 15.5. The summed E-state index contributed by atoms with van der Waals surface area (Å²) < 4.78 is 28.1. The van der Waals surface area contributed by atoms with E-state index in [0.717, 1.165) is 6.92 Å². The average Bonchev–Trinajstić information content (AvgIpc) is 3.47. The topological polar surface area (TPSA) is 105 Å². The van der Waals surface area contributed by atoms with E-state index in [1.54, 1.807) is 18.2 Å². The number of pyridine rings is 2. The van der Waals surface area contributed by atoms with E-state index in [1.807, 2.05) is 0 Å². The first-order valence-corrected chi connectivity index (χ1v) is 9.00. The number of alkyl halides is 2. The highest BCUT2D eigenvalue weighted by molar-refractivity contribution is 6.00. The molecule has 4 rings (SSSR count). The summed E-state index contributed by atoms with van der Waals surface area (Å²) in [6, 6.07) is 8.31. The molecule has 0 bridgehead atoms. The van der Waals surface area contributed by atoms with Crippen LogP contribution >= 0.6 is 0 Å². The number of halogens is 2. The molecular formula is C21H17F2N5O. The van der Waals surface area contributed by atoms with Crippen molar-refractivity contribution in [3.63, 3.8) is 0 Å². The molecule has 1 aromatic carbocycles. The summed E-state index contributed by atoms with van der Waals surface area (Å²) in [6.45, 7) is 0.834. The van der Waals surface area contributed by atoms with Crippen LogP contribution in [0.2, 0.25) is 0 Å². The maximum absolute atomic E-state index is 14.0. The molecule has 1 fully saturated rings. The molecule has 6 nitrogen and oxygen atoms in total. The van der Waals surface area contributed by atoms with Gasteiger partial charge in [0.25, 0.3) is 5.92 Å². The molecule has 0 spiro atoms. The average molecular weight is 393 g/mol. The van der Waals surface area contributed by atoms with Gasteiger partial charge in [-0.1, -0.05) is 0 Å². The molecular weight excluding hydrogens is 376 g/mol. The van der Waals surface area contributed by atoms with Crippen LogP contribution in [-0.4, -0.2) is 15.9 Å². The number of nitrogens with two attached hydrogens (primary N) is 1. The lowest BCUT2D eigenvalue weighted by Gasteiger charge is -2.16. The first-order valence-electron chi connectivity index (χ1n) is 9.00. The number of hydrogen-bond acceptors (Lipinski definition) is 5. The van der Waals surface area contributed by atoms with Gasteiger partial charge < -0.3 is 11.1 Å². The first-order chi connectivity index (χ1) is 13.8. The second-order valence-electron chi connectivity index (χ2n) is 7.23. The second-order valence-corrected chi connectivity index (χ2v) is 7.23. The molecule has 3 N–H and O–H groups in total. The molecule has 3 aromatic rings. The van der Waals surface area contributed by atoms with E-state index in [0.29, 0.717) is 34.3 Å². The van der Waals surface area contributed by atoms with Crippen LogP contribution in [0.4, 0.5) is 20.3 Å². The lowest BCUT2D eigenvalue weighted by Crippen LogP contribution is -2.15. The molecule has 8 heteroatoms. The highest BCUT2D eigenvalue weighted by atomic mass is 19.3. The molecule has 0 unspecified atom stereocenters. The number of carbonyl (C=O) groups excluding carboxylic acids is 1. The van der Waals surface area contributed by atoms with Crippen LogP contribution < -0.4 is 11.1 Å². The Morgan fingerprint density at radius 1 is 1.34 bits per heavy atom. The third-order valence-corrected chi connectivity index (χ3v) is 5.02. The van der Waals surface area contributed by atoms with Crippen molar-refractivity contribution >= 4 is 28.2 Å². The van der Waals surface area contributed by atoms with Crippen LogP contribution in [0.5, 0.6) is 0 Å². The van der Waals surface area contributed by atoms with Crippen LogP contribution in [0.3, 0.4) is 0 Å². The molecule has 0 radical (unpaired) electrons. The Bertz CT molecular complexity index is 1170. The van der Waals surface area contributed by atoms with E-state index in [4.69, 9.17) is 11.0 Å². The maximum atomic E-state index is 14.0. The van der Waals surface area contributed by atoms with E-state index < -0.39 is 5.92 Å². The van der Waals surface area contributed by atoms with Crippen molar-refractivity contribution in [2.24, 2.45) is 11.8 Å². The van der Waals surface area contributed by atoms with Gasteiger partial charge in [-0.15, -0.1) is 0 Å². The molecule has 1 aliphatic carbocycles. The molecule has 2 aromatic heterocycles. The zero-order chi connectivity index (χ0) is 20.8. The summed E-state index contributed by atoms with van der Waals surface area (Å²) in [5.41, 5.74) is 7.14. The number of nitriles is 1. The normalized spacial score (nSPS) is 18.3. The molecule has 2 atom stereocenters. The molecule has 1 aliphatic rings. The van der Waals surface area contributed by atoms with E-state index in [1.165, 1.54) is 24.7 Å². The number of anilines is 2. The number of rotatable bonds is 4. The molecule has 0 saturated heterocycles. The number of nitrogens with one attached hydrogen (secondary N) is 1. The van der Waals surface area contributed by atoms with Crippen molar-refractivity contribution < 1.29 is 13.6 Å². The van der Waals surface area contributed by atoms with Gasteiger partial charge in [0.15, 0.2) is 0 Å². The van der Waals surface area contributed by atoms with Gasteiger partial charge in [0.05, 0.1) is 17.9 Å². The molecule has 146 valence electrons.